The summed E-state index contributed by atoms with van der Waals surface area (Å²) in [6, 6.07) is 6.80. The summed E-state index contributed by atoms with van der Waals surface area (Å²) in [5, 5.41) is 3.01. The van der Waals surface area contributed by atoms with E-state index in [1.807, 2.05) is 18.4 Å². The van der Waals surface area contributed by atoms with Crippen molar-refractivity contribution in [3.05, 3.63) is 51.7 Å². The molecule has 0 amide bonds. The van der Waals surface area contributed by atoms with E-state index in [0.717, 1.165) is 10.7 Å². The number of hydrogen-bond donors (Lipinski definition) is 0. The minimum absolute atomic E-state index is 0.0107. The van der Waals surface area contributed by atoms with Gasteiger partial charge in [-0.2, -0.15) is 0 Å². The minimum Gasteiger partial charge on any atom is -0.247 e. The highest BCUT2D eigenvalue weighted by Gasteiger charge is 2.16. The van der Waals surface area contributed by atoms with E-state index in [4.69, 9.17) is 11.6 Å². The molecule has 17 heavy (non-hydrogen) atoms. The highest BCUT2D eigenvalue weighted by atomic mass is 35.5. The van der Waals surface area contributed by atoms with E-state index in [9.17, 15) is 4.39 Å². The fraction of sp³-hybridized carbons (Fsp3) is 0.308. The van der Waals surface area contributed by atoms with Gasteiger partial charge in [-0.25, -0.2) is 9.37 Å². The van der Waals surface area contributed by atoms with Gasteiger partial charge in [-0.15, -0.1) is 22.9 Å². The maximum absolute atomic E-state index is 13.7. The van der Waals surface area contributed by atoms with Crippen molar-refractivity contribution < 1.29 is 4.39 Å². The summed E-state index contributed by atoms with van der Waals surface area (Å²) in [6.07, 6.45) is 0.697. The molecule has 0 spiro atoms. The largest absolute Gasteiger partial charge is 0.247 e. The number of benzene rings is 1. The Hall–Kier alpha value is -0.930. The van der Waals surface area contributed by atoms with Crippen molar-refractivity contribution in [2.45, 2.75) is 19.3 Å². The van der Waals surface area contributed by atoms with E-state index >= 15 is 0 Å². The van der Waals surface area contributed by atoms with Crippen LogP contribution in [-0.2, 0) is 6.42 Å². The number of nitrogens with zero attached hydrogens (tertiary/aromatic N) is 1. The molecular weight excluding hydrogens is 257 g/mol. The van der Waals surface area contributed by atoms with Crippen molar-refractivity contribution in [1.82, 2.24) is 4.98 Å². The van der Waals surface area contributed by atoms with E-state index in [1.165, 1.54) is 6.07 Å². The zero-order valence-electron chi connectivity index (χ0n) is 9.49. The first-order chi connectivity index (χ1) is 8.20. The molecule has 4 heteroatoms. The summed E-state index contributed by atoms with van der Waals surface area (Å²) < 4.78 is 13.7. The van der Waals surface area contributed by atoms with Gasteiger partial charge in [0.1, 0.15) is 5.82 Å². The molecule has 2 aromatic rings. The molecule has 0 bridgehead atoms. The Morgan fingerprint density at radius 2 is 2.18 bits per heavy atom. The standard InChI is InChI=1S/C13H13ClFNS/c1-9-8-17-13(16-9)6-10(7-14)11-4-2-3-5-12(11)15/h2-5,8,10H,6-7H2,1H3. The average molecular weight is 270 g/mol. The molecule has 0 aliphatic rings. The number of hydrogen-bond acceptors (Lipinski definition) is 2. The van der Waals surface area contributed by atoms with Gasteiger partial charge < -0.3 is 0 Å². The van der Waals surface area contributed by atoms with Gasteiger partial charge in [0.05, 0.1) is 5.01 Å². The van der Waals surface area contributed by atoms with Gasteiger partial charge >= 0.3 is 0 Å². The molecule has 0 radical (unpaired) electrons. The second kappa shape index (κ2) is 5.61. The SMILES string of the molecule is Cc1csc(CC(CCl)c2ccccc2F)n1. The highest BCUT2D eigenvalue weighted by Crippen LogP contribution is 2.26. The van der Waals surface area contributed by atoms with Crippen LogP contribution in [0.2, 0.25) is 0 Å². The van der Waals surface area contributed by atoms with Gasteiger partial charge in [0.25, 0.3) is 0 Å². The molecule has 0 aliphatic carbocycles. The number of thiazole rings is 1. The van der Waals surface area contributed by atoms with Crippen LogP contribution in [0.3, 0.4) is 0 Å². The van der Waals surface area contributed by atoms with Crippen molar-refractivity contribution in [1.29, 1.82) is 0 Å². The number of halogens is 2. The summed E-state index contributed by atoms with van der Waals surface area (Å²) in [4.78, 5) is 4.39. The second-order valence-electron chi connectivity index (χ2n) is 3.96. The molecule has 0 fully saturated rings. The quantitative estimate of drug-likeness (QED) is 0.760. The summed E-state index contributed by atoms with van der Waals surface area (Å²) in [7, 11) is 0. The topological polar surface area (TPSA) is 12.9 Å². The molecule has 0 saturated heterocycles. The van der Waals surface area contributed by atoms with Crippen LogP contribution in [0.15, 0.2) is 29.6 Å². The Morgan fingerprint density at radius 3 is 2.76 bits per heavy atom. The molecule has 1 aromatic heterocycles. The summed E-state index contributed by atoms with van der Waals surface area (Å²) >= 11 is 7.54. The van der Waals surface area contributed by atoms with Crippen molar-refractivity contribution in [3.63, 3.8) is 0 Å². The number of aromatic nitrogens is 1. The molecule has 0 N–H and O–H groups in total. The summed E-state index contributed by atoms with van der Waals surface area (Å²) in [6.45, 7) is 1.96. The first-order valence-electron chi connectivity index (χ1n) is 5.42. The Balaban J connectivity index is 2.20. The van der Waals surface area contributed by atoms with Crippen LogP contribution >= 0.6 is 22.9 Å². The molecule has 1 atom stereocenters. The van der Waals surface area contributed by atoms with Gasteiger partial charge in [-0.1, -0.05) is 18.2 Å². The lowest BCUT2D eigenvalue weighted by molar-refractivity contribution is 0.588. The van der Waals surface area contributed by atoms with Crippen LogP contribution in [-0.4, -0.2) is 10.9 Å². The fourth-order valence-electron chi connectivity index (χ4n) is 1.76. The van der Waals surface area contributed by atoms with Crippen molar-refractivity contribution in [3.8, 4) is 0 Å². The van der Waals surface area contributed by atoms with E-state index in [-0.39, 0.29) is 11.7 Å². The molecule has 2 rings (SSSR count). The van der Waals surface area contributed by atoms with E-state index in [2.05, 4.69) is 4.98 Å². The zero-order valence-corrected chi connectivity index (χ0v) is 11.1. The Bertz CT molecular complexity index is 498. The van der Waals surface area contributed by atoms with E-state index in [1.54, 1.807) is 23.5 Å². The maximum atomic E-state index is 13.7. The van der Waals surface area contributed by atoms with Crippen LogP contribution in [0, 0.1) is 12.7 Å². The van der Waals surface area contributed by atoms with Gasteiger partial charge in [0.15, 0.2) is 0 Å². The van der Waals surface area contributed by atoms with Crippen molar-refractivity contribution in [2.24, 2.45) is 0 Å². The molecule has 1 heterocycles. The predicted octanol–water partition coefficient (Wildman–Crippen LogP) is 4.16. The molecule has 0 saturated carbocycles. The molecule has 1 nitrogen and oxygen atoms in total. The van der Waals surface area contributed by atoms with Crippen LogP contribution in [0.1, 0.15) is 22.2 Å². The smallest absolute Gasteiger partial charge is 0.126 e. The lowest BCUT2D eigenvalue weighted by atomic mass is 9.97. The highest BCUT2D eigenvalue weighted by molar-refractivity contribution is 7.09. The van der Waals surface area contributed by atoms with Crippen LogP contribution in [0.4, 0.5) is 4.39 Å². The minimum atomic E-state index is -0.188. The molecule has 1 aromatic carbocycles. The lowest BCUT2D eigenvalue weighted by Gasteiger charge is -2.13. The first-order valence-corrected chi connectivity index (χ1v) is 6.83. The van der Waals surface area contributed by atoms with Crippen LogP contribution in [0.5, 0.6) is 0 Å². The Morgan fingerprint density at radius 1 is 1.41 bits per heavy atom. The summed E-state index contributed by atoms with van der Waals surface area (Å²) in [5.74, 6) is 0.203. The van der Waals surface area contributed by atoms with Crippen LogP contribution < -0.4 is 0 Å². The fourth-order valence-corrected chi connectivity index (χ4v) is 2.89. The number of aryl methyl sites for hydroxylation is 1. The third kappa shape index (κ3) is 3.05. The molecule has 1 unspecified atom stereocenters. The second-order valence-corrected chi connectivity index (χ2v) is 5.21. The van der Waals surface area contributed by atoms with Crippen molar-refractivity contribution in [2.75, 3.05) is 5.88 Å². The maximum Gasteiger partial charge on any atom is 0.126 e. The molecule has 0 aliphatic heterocycles. The third-order valence-corrected chi connectivity index (χ3v) is 3.98. The van der Waals surface area contributed by atoms with Gasteiger partial charge in [-0.3, -0.25) is 0 Å². The van der Waals surface area contributed by atoms with Gasteiger partial charge in [0, 0.05) is 29.3 Å². The number of alkyl halides is 1. The summed E-state index contributed by atoms with van der Waals surface area (Å²) in [5.41, 5.74) is 1.68. The molecule has 90 valence electrons. The zero-order chi connectivity index (χ0) is 12.3. The Labute approximate surface area is 109 Å². The first kappa shape index (κ1) is 12.5. The van der Waals surface area contributed by atoms with Crippen LogP contribution in [0.25, 0.3) is 0 Å². The normalized spacial score (nSPS) is 12.6. The van der Waals surface area contributed by atoms with Crippen molar-refractivity contribution >= 4 is 22.9 Å². The number of rotatable bonds is 4. The lowest BCUT2D eigenvalue weighted by Crippen LogP contribution is -2.06. The molecular formula is C13H13ClFNS. The monoisotopic (exact) mass is 269 g/mol. The Kier molecular flexibility index (Phi) is 4.13. The predicted molar refractivity (Wildman–Crippen MR) is 70.4 cm³/mol. The van der Waals surface area contributed by atoms with E-state index < -0.39 is 0 Å². The van der Waals surface area contributed by atoms with Gasteiger partial charge in [-0.05, 0) is 18.6 Å². The third-order valence-electron chi connectivity index (χ3n) is 2.62. The van der Waals surface area contributed by atoms with E-state index in [0.29, 0.717) is 17.9 Å². The average Bonchev–Trinajstić information content (AvgIpc) is 2.73. The van der Waals surface area contributed by atoms with Gasteiger partial charge in [0.2, 0.25) is 0 Å².